The lowest BCUT2D eigenvalue weighted by Crippen LogP contribution is -2.47. The minimum atomic E-state index is -0.694. The van der Waals surface area contributed by atoms with Gasteiger partial charge < -0.3 is 19.5 Å². The molecule has 1 fully saturated rings. The number of carbonyl (C=O) groups excluding carboxylic acids is 1. The molecule has 128 valence electrons. The van der Waals surface area contributed by atoms with Crippen LogP contribution < -0.4 is 10.1 Å². The van der Waals surface area contributed by atoms with Crippen LogP contribution >= 0.6 is 0 Å². The van der Waals surface area contributed by atoms with Crippen molar-refractivity contribution >= 4 is 11.6 Å². The van der Waals surface area contributed by atoms with Gasteiger partial charge in [0.05, 0.1) is 6.61 Å². The van der Waals surface area contributed by atoms with E-state index in [9.17, 15) is 4.79 Å². The van der Waals surface area contributed by atoms with Crippen molar-refractivity contribution in [1.29, 1.82) is 0 Å². The molecule has 0 radical (unpaired) electrons. The minimum absolute atomic E-state index is 0.0556. The maximum Gasteiger partial charge on any atom is 0.256 e. The number of amides is 1. The summed E-state index contributed by atoms with van der Waals surface area (Å²) in [6.45, 7) is 3.28. The zero-order valence-electron chi connectivity index (χ0n) is 14.3. The number of hydrogen-bond donors (Lipinski definition) is 1. The van der Waals surface area contributed by atoms with Gasteiger partial charge in [-0.3, -0.25) is 4.79 Å². The summed E-state index contributed by atoms with van der Waals surface area (Å²) in [5.74, 6) is 1.36. The Morgan fingerprint density at radius 1 is 1.17 bits per heavy atom. The van der Waals surface area contributed by atoms with Gasteiger partial charge in [0.2, 0.25) is 0 Å². The summed E-state index contributed by atoms with van der Waals surface area (Å²) in [4.78, 5) is 12.6. The van der Waals surface area contributed by atoms with Crippen LogP contribution in [0.5, 0.6) is 5.75 Å². The lowest BCUT2D eigenvalue weighted by atomic mass is 9.79. The van der Waals surface area contributed by atoms with Gasteiger partial charge in [-0.25, -0.2) is 0 Å². The van der Waals surface area contributed by atoms with Crippen molar-refractivity contribution in [2.24, 2.45) is 5.92 Å². The molecule has 0 atom stereocenters. The van der Waals surface area contributed by atoms with Gasteiger partial charge in [-0.2, -0.15) is 0 Å². The van der Waals surface area contributed by atoms with E-state index in [0.717, 1.165) is 37.1 Å². The number of ether oxygens (including phenoxy) is 3. The number of rotatable bonds is 7. The van der Waals surface area contributed by atoms with E-state index in [2.05, 4.69) is 12.2 Å². The second-order valence-corrected chi connectivity index (χ2v) is 6.20. The van der Waals surface area contributed by atoms with Crippen molar-refractivity contribution in [2.75, 3.05) is 32.8 Å². The van der Waals surface area contributed by atoms with Crippen LogP contribution in [0, 0.1) is 5.92 Å². The molecular formula is C18H27NO4. The van der Waals surface area contributed by atoms with Gasteiger partial charge in [-0.15, -0.1) is 0 Å². The van der Waals surface area contributed by atoms with Crippen molar-refractivity contribution < 1.29 is 19.0 Å². The molecule has 0 aliphatic heterocycles. The van der Waals surface area contributed by atoms with E-state index in [1.807, 2.05) is 24.3 Å². The van der Waals surface area contributed by atoms with E-state index in [0.29, 0.717) is 19.1 Å². The molecule has 1 saturated carbocycles. The fourth-order valence-electron chi connectivity index (χ4n) is 2.87. The van der Waals surface area contributed by atoms with Gasteiger partial charge >= 0.3 is 0 Å². The highest BCUT2D eigenvalue weighted by atomic mass is 16.5. The summed E-state index contributed by atoms with van der Waals surface area (Å²) in [5, 5.41) is 2.97. The molecule has 1 amide bonds. The number of methoxy groups -OCH3 is 2. The Morgan fingerprint density at radius 3 is 2.39 bits per heavy atom. The second kappa shape index (κ2) is 8.31. The maximum atomic E-state index is 12.6. The Balaban J connectivity index is 1.93. The number of hydrogen-bond acceptors (Lipinski definition) is 4. The molecule has 5 nitrogen and oxygen atoms in total. The van der Waals surface area contributed by atoms with Crippen LogP contribution in [0.25, 0.3) is 0 Å². The third kappa shape index (κ3) is 4.69. The minimum Gasteiger partial charge on any atom is -0.491 e. The lowest BCUT2D eigenvalue weighted by molar-refractivity contribution is -0.142. The Bertz CT molecular complexity index is 492. The first-order valence-electron chi connectivity index (χ1n) is 8.18. The van der Waals surface area contributed by atoms with Crippen LogP contribution in [0.4, 0.5) is 5.69 Å². The summed E-state index contributed by atoms with van der Waals surface area (Å²) in [6.07, 6.45) is 3.59. The number of benzene rings is 1. The Kier molecular flexibility index (Phi) is 6.42. The van der Waals surface area contributed by atoms with E-state index in [4.69, 9.17) is 14.2 Å². The van der Waals surface area contributed by atoms with Gasteiger partial charge in [-0.05, 0) is 55.9 Å². The lowest BCUT2D eigenvalue weighted by Gasteiger charge is -2.36. The smallest absolute Gasteiger partial charge is 0.256 e. The summed E-state index contributed by atoms with van der Waals surface area (Å²) in [5.41, 5.74) is 0.0595. The first-order valence-corrected chi connectivity index (χ1v) is 8.18. The van der Waals surface area contributed by atoms with E-state index in [1.165, 1.54) is 0 Å². The number of carbonyl (C=O) groups is 1. The molecule has 0 aromatic heterocycles. The van der Waals surface area contributed by atoms with E-state index in [-0.39, 0.29) is 5.91 Å². The average molecular weight is 321 g/mol. The van der Waals surface area contributed by atoms with Gasteiger partial charge in [-0.1, -0.05) is 6.92 Å². The highest BCUT2D eigenvalue weighted by Gasteiger charge is 2.41. The predicted octanol–water partition coefficient (Wildman–Crippen LogP) is 3.25. The highest BCUT2D eigenvalue weighted by Crippen LogP contribution is 2.35. The molecule has 1 aromatic carbocycles. The van der Waals surface area contributed by atoms with Gasteiger partial charge in [0.1, 0.15) is 18.0 Å². The van der Waals surface area contributed by atoms with Gasteiger partial charge in [0.15, 0.2) is 0 Å². The van der Waals surface area contributed by atoms with Crippen molar-refractivity contribution in [1.82, 2.24) is 0 Å². The molecule has 1 aromatic rings. The fraction of sp³-hybridized carbons (Fsp3) is 0.611. The molecule has 23 heavy (non-hydrogen) atoms. The van der Waals surface area contributed by atoms with Gasteiger partial charge in [0.25, 0.3) is 5.91 Å². The number of nitrogens with one attached hydrogen (secondary N) is 1. The standard InChI is InChI=1S/C18H27NO4/c1-14-8-10-18(22-3,11-9-14)17(20)19-15-4-6-16(7-5-15)23-13-12-21-2/h4-7,14H,8-13H2,1-3H3,(H,19,20). The summed E-state index contributed by atoms with van der Waals surface area (Å²) in [6, 6.07) is 7.37. The Labute approximate surface area is 138 Å². The molecule has 0 unspecified atom stereocenters. The molecule has 0 bridgehead atoms. The van der Waals surface area contributed by atoms with Crippen LogP contribution in [0.1, 0.15) is 32.6 Å². The third-order valence-corrected chi connectivity index (χ3v) is 4.55. The van der Waals surface area contributed by atoms with E-state index >= 15 is 0 Å². The van der Waals surface area contributed by atoms with Crippen LogP contribution in [-0.4, -0.2) is 38.9 Å². The first-order chi connectivity index (χ1) is 11.1. The third-order valence-electron chi connectivity index (χ3n) is 4.55. The largest absolute Gasteiger partial charge is 0.491 e. The molecular weight excluding hydrogens is 294 g/mol. The van der Waals surface area contributed by atoms with Gasteiger partial charge in [0, 0.05) is 19.9 Å². The van der Waals surface area contributed by atoms with Crippen LogP contribution in [-0.2, 0) is 14.3 Å². The van der Waals surface area contributed by atoms with Crippen molar-refractivity contribution in [2.45, 2.75) is 38.2 Å². The van der Waals surface area contributed by atoms with Crippen molar-refractivity contribution in [3.63, 3.8) is 0 Å². The predicted molar refractivity (Wildman–Crippen MR) is 89.8 cm³/mol. The SMILES string of the molecule is COCCOc1ccc(NC(=O)C2(OC)CCC(C)CC2)cc1. The quantitative estimate of drug-likeness (QED) is 0.783. The summed E-state index contributed by atoms with van der Waals surface area (Å²) in [7, 11) is 3.27. The Morgan fingerprint density at radius 2 is 1.83 bits per heavy atom. The molecule has 2 rings (SSSR count). The zero-order valence-corrected chi connectivity index (χ0v) is 14.3. The topological polar surface area (TPSA) is 56.8 Å². The number of anilines is 1. The molecule has 0 heterocycles. The van der Waals surface area contributed by atoms with Crippen LogP contribution in [0.2, 0.25) is 0 Å². The zero-order chi connectivity index (χ0) is 16.7. The fourth-order valence-corrected chi connectivity index (χ4v) is 2.87. The van der Waals surface area contributed by atoms with E-state index < -0.39 is 5.60 Å². The van der Waals surface area contributed by atoms with Crippen LogP contribution in [0.3, 0.4) is 0 Å². The van der Waals surface area contributed by atoms with Crippen molar-refractivity contribution in [3.05, 3.63) is 24.3 Å². The van der Waals surface area contributed by atoms with E-state index in [1.54, 1.807) is 14.2 Å². The molecule has 1 N–H and O–H groups in total. The summed E-state index contributed by atoms with van der Waals surface area (Å²) < 4.78 is 16.1. The Hall–Kier alpha value is -1.59. The van der Waals surface area contributed by atoms with Crippen molar-refractivity contribution in [3.8, 4) is 5.75 Å². The molecule has 0 spiro atoms. The second-order valence-electron chi connectivity index (χ2n) is 6.20. The monoisotopic (exact) mass is 321 g/mol. The molecule has 1 aliphatic carbocycles. The van der Waals surface area contributed by atoms with Crippen LogP contribution in [0.15, 0.2) is 24.3 Å². The average Bonchev–Trinajstić information content (AvgIpc) is 2.57. The maximum absolute atomic E-state index is 12.6. The normalized spacial score (nSPS) is 24.2. The first kappa shape index (κ1) is 17.8. The molecule has 1 aliphatic rings. The highest BCUT2D eigenvalue weighted by molar-refractivity contribution is 5.97. The summed E-state index contributed by atoms with van der Waals surface area (Å²) >= 11 is 0. The molecule has 5 heteroatoms. The molecule has 0 saturated heterocycles.